The first-order valence-electron chi connectivity index (χ1n) is 6.04. The van der Waals surface area contributed by atoms with Crippen molar-refractivity contribution >= 4 is 5.69 Å². The number of hydrogen-bond acceptors (Lipinski definition) is 2. The number of aliphatic hydroxyl groups excluding tert-OH is 1. The third-order valence-electron chi connectivity index (χ3n) is 3.72. The SMILES string of the molecule is Cc1ccc(N2CCCC(O)C2(C)C)cc1. The van der Waals surface area contributed by atoms with Crippen molar-refractivity contribution in [1.82, 2.24) is 0 Å². The highest BCUT2D eigenvalue weighted by Crippen LogP contribution is 2.32. The maximum atomic E-state index is 10.1. The van der Waals surface area contributed by atoms with Gasteiger partial charge in [-0.25, -0.2) is 0 Å². The van der Waals surface area contributed by atoms with E-state index in [9.17, 15) is 5.11 Å². The number of nitrogens with zero attached hydrogens (tertiary/aromatic N) is 1. The average molecular weight is 219 g/mol. The van der Waals surface area contributed by atoms with E-state index < -0.39 is 0 Å². The molecule has 1 fully saturated rings. The Labute approximate surface area is 97.9 Å². The highest BCUT2D eigenvalue weighted by molar-refractivity contribution is 5.50. The molecule has 1 aromatic carbocycles. The second kappa shape index (κ2) is 4.10. The first-order valence-corrected chi connectivity index (χ1v) is 6.04. The largest absolute Gasteiger partial charge is 0.391 e. The fourth-order valence-electron chi connectivity index (χ4n) is 2.45. The quantitative estimate of drug-likeness (QED) is 0.785. The molecule has 1 unspecified atom stereocenters. The van der Waals surface area contributed by atoms with Gasteiger partial charge in [0, 0.05) is 12.2 Å². The first kappa shape index (κ1) is 11.5. The van der Waals surface area contributed by atoms with Crippen LogP contribution in [0, 0.1) is 6.92 Å². The van der Waals surface area contributed by atoms with E-state index in [1.165, 1.54) is 11.3 Å². The summed E-state index contributed by atoms with van der Waals surface area (Å²) >= 11 is 0. The Kier molecular flexibility index (Phi) is 2.94. The molecule has 1 aromatic rings. The number of piperidine rings is 1. The van der Waals surface area contributed by atoms with Gasteiger partial charge in [0.1, 0.15) is 0 Å². The van der Waals surface area contributed by atoms with Crippen LogP contribution < -0.4 is 4.90 Å². The minimum absolute atomic E-state index is 0.159. The van der Waals surface area contributed by atoms with Crippen molar-refractivity contribution in [3.63, 3.8) is 0 Å². The van der Waals surface area contributed by atoms with Crippen molar-refractivity contribution in [3.05, 3.63) is 29.8 Å². The Morgan fingerprint density at radius 2 is 1.88 bits per heavy atom. The fraction of sp³-hybridized carbons (Fsp3) is 0.571. The summed E-state index contributed by atoms with van der Waals surface area (Å²) in [7, 11) is 0. The molecule has 2 nitrogen and oxygen atoms in total. The van der Waals surface area contributed by atoms with Gasteiger partial charge in [-0.15, -0.1) is 0 Å². The molecular weight excluding hydrogens is 198 g/mol. The van der Waals surface area contributed by atoms with Gasteiger partial charge in [-0.3, -0.25) is 0 Å². The van der Waals surface area contributed by atoms with E-state index in [0.717, 1.165) is 19.4 Å². The summed E-state index contributed by atoms with van der Waals surface area (Å²) < 4.78 is 0. The van der Waals surface area contributed by atoms with Crippen LogP contribution >= 0.6 is 0 Å². The normalized spacial score (nSPS) is 24.5. The lowest BCUT2D eigenvalue weighted by Crippen LogP contribution is -2.56. The number of aliphatic hydroxyl groups is 1. The van der Waals surface area contributed by atoms with Crippen molar-refractivity contribution in [2.24, 2.45) is 0 Å². The summed E-state index contributed by atoms with van der Waals surface area (Å²) in [6.07, 6.45) is 1.75. The molecule has 0 spiro atoms. The maximum absolute atomic E-state index is 10.1. The molecular formula is C14H21NO. The molecule has 1 aliphatic rings. The Balaban J connectivity index is 2.28. The molecule has 1 saturated heterocycles. The van der Waals surface area contributed by atoms with Crippen molar-refractivity contribution in [2.45, 2.75) is 45.3 Å². The monoisotopic (exact) mass is 219 g/mol. The Morgan fingerprint density at radius 3 is 2.50 bits per heavy atom. The molecule has 0 radical (unpaired) electrons. The van der Waals surface area contributed by atoms with Crippen LogP contribution in [-0.2, 0) is 0 Å². The molecule has 16 heavy (non-hydrogen) atoms. The highest BCUT2D eigenvalue weighted by Gasteiger charge is 2.37. The molecule has 88 valence electrons. The lowest BCUT2D eigenvalue weighted by molar-refractivity contribution is 0.0712. The zero-order valence-electron chi connectivity index (χ0n) is 10.4. The predicted octanol–water partition coefficient (Wildman–Crippen LogP) is 2.73. The Morgan fingerprint density at radius 1 is 1.25 bits per heavy atom. The molecule has 0 saturated carbocycles. The minimum atomic E-state index is -0.234. The van der Waals surface area contributed by atoms with Crippen LogP contribution in [0.1, 0.15) is 32.3 Å². The third-order valence-corrected chi connectivity index (χ3v) is 3.72. The van der Waals surface area contributed by atoms with Crippen LogP contribution in [-0.4, -0.2) is 23.3 Å². The molecule has 0 amide bonds. The molecule has 1 aliphatic heterocycles. The van der Waals surface area contributed by atoms with Crippen LogP contribution in [0.25, 0.3) is 0 Å². The topological polar surface area (TPSA) is 23.5 Å². The van der Waals surface area contributed by atoms with Crippen LogP contribution in [0.15, 0.2) is 24.3 Å². The summed E-state index contributed by atoms with van der Waals surface area (Å²) in [6.45, 7) is 7.38. The number of anilines is 1. The number of benzene rings is 1. The van der Waals surface area contributed by atoms with Gasteiger partial charge >= 0.3 is 0 Å². The van der Waals surface area contributed by atoms with E-state index in [-0.39, 0.29) is 11.6 Å². The maximum Gasteiger partial charge on any atom is 0.0767 e. The number of hydrogen-bond donors (Lipinski definition) is 1. The highest BCUT2D eigenvalue weighted by atomic mass is 16.3. The number of aryl methyl sites for hydroxylation is 1. The van der Waals surface area contributed by atoms with Gasteiger partial charge in [-0.05, 0) is 45.7 Å². The Hall–Kier alpha value is -1.02. The van der Waals surface area contributed by atoms with Crippen molar-refractivity contribution in [2.75, 3.05) is 11.4 Å². The van der Waals surface area contributed by atoms with Crippen molar-refractivity contribution < 1.29 is 5.11 Å². The molecule has 1 heterocycles. The molecule has 0 aliphatic carbocycles. The van der Waals surface area contributed by atoms with Gasteiger partial charge in [0.25, 0.3) is 0 Å². The van der Waals surface area contributed by atoms with Gasteiger partial charge < -0.3 is 10.0 Å². The van der Waals surface area contributed by atoms with Crippen LogP contribution in [0.5, 0.6) is 0 Å². The average Bonchev–Trinajstić information content (AvgIpc) is 2.24. The Bertz CT molecular complexity index is 356. The van der Waals surface area contributed by atoms with E-state index in [1.54, 1.807) is 0 Å². The van der Waals surface area contributed by atoms with Gasteiger partial charge in [-0.2, -0.15) is 0 Å². The summed E-state index contributed by atoms with van der Waals surface area (Å²) in [5.74, 6) is 0. The fourth-order valence-corrected chi connectivity index (χ4v) is 2.45. The molecule has 0 aromatic heterocycles. The summed E-state index contributed by atoms with van der Waals surface area (Å²) in [6, 6.07) is 8.56. The number of rotatable bonds is 1. The van der Waals surface area contributed by atoms with Gasteiger partial charge in [-0.1, -0.05) is 17.7 Å². The lowest BCUT2D eigenvalue weighted by atomic mass is 9.86. The van der Waals surface area contributed by atoms with E-state index in [1.807, 2.05) is 0 Å². The third kappa shape index (κ3) is 1.94. The zero-order valence-corrected chi connectivity index (χ0v) is 10.4. The van der Waals surface area contributed by atoms with E-state index >= 15 is 0 Å². The predicted molar refractivity (Wildman–Crippen MR) is 67.8 cm³/mol. The van der Waals surface area contributed by atoms with E-state index in [0.29, 0.717) is 0 Å². The van der Waals surface area contributed by atoms with Gasteiger partial charge in [0.15, 0.2) is 0 Å². The van der Waals surface area contributed by atoms with E-state index in [4.69, 9.17) is 0 Å². The lowest BCUT2D eigenvalue weighted by Gasteiger charge is -2.47. The summed E-state index contributed by atoms with van der Waals surface area (Å²) in [5, 5.41) is 10.1. The molecule has 1 N–H and O–H groups in total. The summed E-state index contributed by atoms with van der Waals surface area (Å²) in [5.41, 5.74) is 2.33. The second-order valence-electron chi connectivity index (χ2n) is 5.30. The van der Waals surface area contributed by atoms with Crippen LogP contribution in [0.4, 0.5) is 5.69 Å². The minimum Gasteiger partial charge on any atom is -0.391 e. The van der Waals surface area contributed by atoms with E-state index in [2.05, 4.69) is 49.9 Å². The van der Waals surface area contributed by atoms with Gasteiger partial charge in [0.05, 0.1) is 11.6 Å². The molecule has 2 heteroatoms. The standard InChI is InChI=1S/C14H21NO/c1-11-6-8-12(9-7-11)15-10-4-5-13(16)14(15,2)3/h6-9,13,16H,4-5,10H2,1-3H3. The molecule has 0 bridgehead atoms. The van der Waals surface area contributed by atoms with Crippen LogP contribution in [0.3, 0.4) is 0 Å². The molecule has 1 atom stereocenters. The molecule has 2 rings (SSSR count). The second-order valence-corrected chi connectivity index (χ2v) is 5.30. The smallest absolute Gasteiger partial charge is 0.0767 e. The van der Waals surface area contributed by atoms with Crippen LogP contribution in [0.2, 0.25) is 0 Å². The summed E-state index contributed by atoms with van der Waals surface area (Å²) in [4.78, 5) is 2.32. The van der Waals surface area contributed by atoms with Gasteiger partial charge in [0.2, 0.25) is 0 Å². The van der Waals surface area contributed by atoms with Crippen molar-refractivity contribution in [3.8, 4) is 0 Å². The van der Waals surface area contributed by atoms with Crippen molar-refractivity contribution in [1.29, 1.82) is 0 Å². The first-order chi connectivity index (χ1) is 7.51. The zero-order chi connectivity index (χ0) is 11.8.